The third-order valence-electron chi connectivity index (χ3n) is 4.22. The van der Waals surface area contributed by atoms with Crippen LogP contribution in [0.4, 0.5) is 0 Å². The van der Waals surface area contributed by atoms with Crippen LogP contribution in [0.15, 0.2) is 30.3 Å². The third kappa shape index (κ3) is 2.19. The molecule has 1 aliphatic heterocycles. The van der Waals surface area contributed by atoms with Crippen LogP contribution in [0.1, 0.15) is 27.0 Å². The molecule has 2 aromatic rings. The second-order valence-corrected chi connectivity index (χ2v) is 5.67. The lowest BCUT2D eigenvalue weighted by molar-refractivity contribution is 0.0788. The topological polar surface area (TPSA) is 29.5 Å². The number of benzene rings is 2. The van der Waals surface area contributed by atoms with Crippen LogP contribution in [-0.4, -0.2) is 25.0 Å². The number of amides is 1. The summed E-state index contributed by atoms with van der Waals surface area (Å²) in [5.41, 5.74) is 6.53. The molecule has 1 aliphatic rings. The predicted octanol–water partition coefficient (Wildman–Crippen LogP) is 3.56. The number of rotatable bonds is 1. The van der Waals surface area contributed by atoms with E-state index in [0.29, 0.717) is 17.9 Å². The molecule has 0 bridgehead atoms. The van der Waals surface area contributed by atoms with Gasteiger partial charge in [0.1, 0.15) is 5.75 Å². The fourth-order valence-electron chi connectivity index (χ4n) is 2.85. The molecule has 3 rings (SSSR count). The van der Waals surface area contributed by atoms with Gasteiger partial charge in [0.2, 0.25) is 0 Å². The van der Waals surface area contributed by atoms with E-state index < -0.39 is 0 Å². The van der Waals surface area contributed by atoms with Gasteiger partial charge in [-0.1, -0.05) is 12.1 Å². The summed E-state index contributed by atoms with van der Waals surface area (Å²) in [4.78, 5) is 14.4. The lowest BCUT2D eigenvalue weighted by Gasteiger charge is -2.15. The standard InChI is InChI=1S/C18H19NO2/c1-11-7-13-10-19(3)18(20)17-9-14(21-4)5-6-15(17)16(13)8-12(11)2/h5-9H,10H2,1-4H3. The molecule has 0 unspecified atom stereocenters. The van der Waals surface area contributed by atoms with Gasteiger partial charge in [0.15, 0.2) is 0 Å². The molecular formula is C18H19NO2. The van der Waals surface area contributed by atoms with Crippen LogP contribution in [0.25, 0.3) is 11.1 Å². The molecule has 0 N–H and O–H groups in total. The van der Waals surface area contributed by atoms with E-state index in [1.54, 1.807) is 12.0 Å². The van der Waals surface area contributed by atoms with Gasteiger partial charge in [0, 0.05) is 13.6 Å². The Morgan fingerprint density at radius 1 is 1.00 bits per heavy atom. The van der Waals surface area contributed by atoms with Crippen molar-refractivity contribution in [3.63, 3.8) is 0 Å². The van der Waals surface area contributed by atoms with Crippen molar-refractivity contribution in [2.24, 2.45) is 0 Å². The number of aryl methyl sites for hydroxylation is 2. The van der Waals surface area contributed by atoms with Gasteiger partial charge in [-0.05, 0) is 59.9 Å². The number of nitrogens with zero attached hydrogens (tertiary/aromatic N) is 1. The summed E-state index contributed by atoms with van der Waals surface area (Å²) in [6, 6.07) is 10.1. The number of hydrogen-bond donors (Lipinski definition) is 0. The van der Waals surface area contributed by atoms with Gasteiger partial charge in [-0.15, -0.1) is 0 Å². The Balaban J connectivity index is 2.31. The maximum absolute atomic E-state index is 12.6. The van der Waals surface area contributed by atoms with E-state index in [9.17, 15) is 4.79 Å². The summed E-state index contributed by atoms with van der Waals surface area (Å²) < 4.78 is 5.26. The number of methoxy groups -OCH3 is 1. The molecule has 3 heteroatoms. The first-order valence-electron chi connectivity index (χ1n) is 7.05. The van der Waals surface area contributed by atoms with Crippen LogP contribution >= 0.6 is 0 Å². The summed E-state index contributed by atoms with van der Waals surface area (Å²) in [5.74, 6) is 0.748. The molecule has 0 atom stereocenters. The van der Waals surface area contributed by atoms with Crippen LogP contribution in [0.5, 0.6) is 5.75 Å². The Hall–Kier alpha value is -2.29. The fraction of sp³-hybridized carbons (Fsp3) is 0.278. The highest BCUT2D eigenvalue weighted by molar-refractivity contribution is 6.02. The number of hydrogen-bond acceptors (Lipinski definition) is 2. The van der Waals surface area contributed by atoms with E-state index in [0.717, 1.165) is 11.1 Å². The van der Waals surface area contributed by atoms with Crippen LogP contribution in [-0.2, 0) is 6.54 Å². The lowest BCUT2D eigenvalue weighted by Crippen LogP contribution is -2.24. The minimum atomic E-state index is 0.0374. The zero-order valence-electron chi connectivity index (χ0n) is 12.9. The minimum absolute atomic E-state index is 0.0374. The van der Waals surface area contributed by atoms with Gasteiger partial charge < -0.3 is 9.64 Å². The number of fused-ring (bicyclic) bond motifs is 3. The maximum atomic E-state index is 12.6. The highest BCUT2D eigenvalue weighted by atomic mass is 16.5. The Kier molecular flexibility index (Phi) is 3.20. The van der Waals surface area contributed by atoms with E-state index in [1.807, 2.05) is 25.2 Å². The largest absolute Gasteiger partial charge is 0.497 e. The van der Waals surface area contributed by atoms with Crippen molar-refractivity contribution < 1.29 is 9.53 Å². The first-order chi connectivity index (χ1) is 10.0. The molecule has 0 saturated carbocycles. The van der Waals surface area contributed by atoms with Gasteiger partial charge in [0.05, 0.1) is 12.7 Å². The smallest absolute Gasteiger partial charge is 0.254 e. The van der Waals surface area contributed by atoms with E-state index in [4.69, 9.17) is 4.74 Å². The van der Waals surface area contributed by atoms with Crippen molar-refractivity contribution in [3.8, 4) is 16.9 Å². The molecule has 21 heavy (non-hydrogen) atoms. The molecule has 0 fully saturated rings. The Morgan fingerprint density at radius 2 is 1.71 bits per heavy atom. The van der Waals surface area contributed by atoms with Crippen molar-refractivity contribution in [2.75, 3.05) is 14.2 Å². The average molecular weight is 281 g/mol. The minimum Gasteiger partial charge on any atom is -0.497 e. The quantitative estimate of drug-likeness (QED) is 0.800. The normalized spacial score (nSPS) is 13.5. The zero-order chi connectivity index (χ0) is 15.1. The highest BCUT2D eigenvalue weighted by Crippen LogP contribution is 2.35. The second-order valence-electron chi connectivity index (χ2n) is 5.67. The summed E-state index contributed by atoms with van der Waals surface area (Å²) in [7, 11) is 3.46. The maximum Gasteiger partial charge on any atom is 0.254 e. The summed E-state index contributed by atoms with van der Waals surface area (Å²) in [5, 5.41) is 0. The van der Waals surface area contributed by atoms with Gasteiger partial charge in [-0.25, -0.2) is 0 Å². The summed E-state index contributed by atoms with van der Waals surface area (Å²) >= 11 is 0. The molecule has 1 amide bonds. The predicted molar refractivity (Wildman–Crippen MR) is 83.7 cm³/mol. The Bertz CT molecular complexity index is 734. The van der Waals surface area contributed by atoms with Crippen molar-refractivity contribution in [3.05, 3.63) is 52.6 Å². The Morgan fingerprint density at radius 3 is 2.43 bits per heavy atom. The fourth-order valence-corrected chi connectivity index (χ4v) is 2.85. The third-order valence-corrected chi connectivity index (χ3v) is 4.22. The molecule has 2 aromatic carbocycles. The average Bonchev–Trinajstić information content (AvgIpc) is 2.57. The summed E-state index contributed by atoms with van der Waals surface area (Å²) in [6.07, 6.45) is 0. The van der Waals surface area contributed by atoms with Crippen molar-refractivity contribution in [2.45, 2.75) is 20.4 Å². The second kappa shape index (κ2) is 4.92. The van der Waals surface area contributed by atoms with Gasteiger partial charge >= 0.3 is 0 Å². The van der Waals surface area contributed by atoms with Gasteiger partial charge in [-0.2, -0.15) is 0 Å². The molecule has 3 nitrogen and oxygen atoms in total. The molecule has 0 saturated heterocycles. The van der Waals surface area contributed by atoms with Crippen LogP contribution in [0, 0.1) is 13.8 Å². The number of carbonyl (C=O) groups excluding carboxylic acids is 1. The van der Waals surface area contributed by atoms with Crippen molar-refractivity contribution in [1.82, 2.24) is 4.90 Å². The molecule has 1 heterocycles. The Labute approximate surface area is 125 Å². The van der Waals surface area contributed by atoms with Crippen LogP contribution in [0.3, 0.4) is 0 Å². The van der Waals surface area contributed by atoms with Gasteiger partial charge in [-0.3, -0.25) is 4.79 Å². The SMILES string of the molecule is COc1ccc2c(c1)C(=O)N(C)Cc1cc(C)c(C)cc1-2. The van der Waals surface area contributed by atoms with E-state index in [1.165, 1.54) is 16.7 Å². The molecule has 0 aliphatic carbocycles. The molecule has 0 spiro atoms. The molecule has 0 aromatic heterocycles. The van der Waals surface area contributed by atoms with Crippen molar-refractivity contribution in [1.29, 1.82) is 0 Å². The lowest BCUT2D eigenvalue weighted by atomic mass is 9.93. The molecular weight excluding hydrogens is 262 g/mol. The van der Waals surface area contributed by atoms with Crippen LogP contribution in [0.2, 0.25) is 0 Å². The van der Waals surface area contributed by atoms with E-state index >= 15 is 0 Å². The first kappa shape index (κ1) is 13.7. The van der Waals surface area contributed by atoms with E-state index in [2.05, 4.69) is 26.0 Å². The number of carbonyl (C=O) groups is 1. The van der Waals surface area contributed by atoms with Crippen molar-refractivity contribution >= 4 is 5.91 Å². The van der Waals surface area contributed by atoms with Crippen LogP contribution < -0.4 is 4.74 Å². The molecule has 0 radical (unpaired) electrons. The summed E-state index contributed by atoms with van der Waals surface area (Å²) in [6.45, 7) is 4.85. The first-order valence-corrected chi connectivity index (χ1v) is 7.05. The zero-order valence-corrected chi connectivity index (χ0v) is 12.9. The monoisotopic (exact) mass is 281 g/mol. The molecule has 108 valence electrons. The number of ether oxygens (including phenoxy) is 1. The highest BCUT2D eigenvalue weighted by Gasteiger charge is 2.24. The van der Waals surface area contributed by atoms with E-state index in [-0.39, 0.29) is 5.91 Å². The van der Waals surface area contributed by atoms with Gasteiger partial charge in [0.25, 0.3) is 5.91 Å².